The predicted octanol–water partition coefficient (Wildman–Crippen LogP) is 1.20. The summed E-state index contributed by atoms with van der Waals surface area (Å²) in [5.41, 5.74) is 2.66. The van der Waals surface area contributed by atoms with Crippen molar-refractivity contribution in [3.05, 3.63) is 48.0 Å². The van der Waals surface area contributed by atoms with Crippen molar-refractivity contribution in [2.75, 3.05) is 22.9 Å². The highest BCUT2D eigenvalue weighted by atomic mass is 19.1. The predicted molar refractivity (Wildman–Crippen MR) is 84.6 cm³/mol. The number of carbonyl (C=O) groups excluding carboxylic acids is 1. The van der Waals surface area contributed by atoms with Crippen molar-refractivity contribution in [2.24, 2.45) is 0 Å². The van der Waals surface area contributed by atoms with Crippen molar-refractivity contribution in [2.45, 2.75) is 18.5 Å². The van der Waals surface area contributed by atoms with Gasteiger partial charge in [0.05, 0.1) is 11.6 Å². The van der Waals surface area contributed by atoms with Crippen LogP contribution in [0.1, 0.15) is 16.8 Å². The van der Waals surface area contributed by atoms with Gasteiger partial charge in [0.1, 0.15) is 5.82 Å². The zero-order valence-electron chi connectivity index (χ0n) is 12.8. The molecule has 8 heteroatoms. The number of hydroxylamine groups is 1. The first-order valence-electron chi connectivity index (χ1n) is 7.71. The van der Waals surface area contributed by atoms with E-state index in [0.717, 1.165) is 25.2 Å². The molecule has 2 N–H and O–H groups in total. The van der Waals surface area contributed by atoms with E-state index in [1.807, 2.05) is 6.07 Å². The highest BCUT2D eigenvalue weighted by Crippen LogP contribution is 2.36. The van der Waals surface area contributed by atoms with Crippen LogP contribution in [0.25, 0.3) is 0 Å². The van der Waals surface area contributed by atoms with E-state index in [2.05, 4.69) is 19.8 Å². The Balaban J connectivity index is 1.49. The van der Waals surface area contributed by atoms with Gasteiger partial charge in [-0.15, -0.1) is 0 Å². The molecule has 124 valence electrons. The van der Waals surface area contributed by atoms with Crippen LogP contribution in [0.15, 0.2) is 36.7 Å². The smallest absolute Gasteiger partial charge is 0.277 e. The maximum Gasteiger partial charge on any atom is 0.277 e. The van der Waals surface area contributed by atoms with E-state index in [4.69, 9.17) is 5.21 Å². The topological polar surface area (TPSA) is 81.6 Å². The number of nitrogens with one attached hydrogen (secondary N) is 1. The van der Waals surface area contributed by atoms with Crippen molar-refractivity contribution in [1.29, 1.82) is 0 Å². The van der Waals surface area contributed by atoms with Crippen molar-refractivity contribution in [1.82, 2.24) is 15.4 Å². The van der Waals surface area contributed by atoms with E-state index in [1.165, 1.54) is 18.5 Å². The Labute approximate surface area is 137 Å². The summed E-state index contributed by atoms with van der Waals surface area (Å²) in [6.45, 7) is 1.54. The Morgan fingerprint density at radius 1 is 1.21 bits per heavy atom. The van der Waals surface area contributed by atoms with E-state index in [-0.39, 0.29) is 17.4 Å². The van der Waals surface area contributed by atoms with Gasteiger partial charge in [-0.05, 0) is 24.6 Å². The molecule has 2 aliphatic rings. The fraction of sp³-hybridized carbons (Fsp3) is 0.312. The summed E-state index contributed by atoms with van der Waals surface area (Å²) in [6, 6.07) is 7.21. The van der Waals surface area contributed by atoms with Gasteiger partial charge in [-0.3, -0.25) is 10.0 Å². The van der Waals surface area contributed by atoms with Gasteiger partial charge in [-0.2, -0.15) is 0 Å². The summed E-state index contributed by atoms with van der Waals surface area (Å²) in [4.78, 5) is 24.1. The highest BCUT2D eigenvalue weighted by molar-refractivity contribution is 5.92. The number of aromatic nitrogens is 2. The number of amides is 1. The third-order valence-corrected chi connectivity index (χ3v) is 4.64. The molecule has 7 nitrogen and oxygen atoms in total. The number of carbonyl (C=O) groups is 1. The number of halogens is 1. The standard InChI is InChI=1S/C16H16FN5O2/c17-11-2-1-3-12(4-11)21-8-14-5-13(21)9-22(14)16-18-6-10(7-19-16)15(23)20-24/h1-4,6-7,13-14,24H,5,8-9H2,(H,20,23)/t13-,14+/m1/s1. The second-order valence-electron chi connectivity index (χ2n) is 6.04. The van der Waals surface area contributed by atoms with Crippen LogP contribution in [0.4, 0.5) is 16.0 Å². The lowest BCUT2D eigenvalue weighted by atomic mass is 10.2. The Morgan fingerprint density at radius 2 is 1.92 bits per heavy atom. The molecule has 1 aromatic heterocycles. The SMILES string of the molecule is O=C(NO)c1cnc(N2C[C@H]3C[C@H]2CN3c2cccc(F)c2)nc1. The minimum atomic E-state index is -0.637. The van der Waals surface area contributed by atoms with Gasteiger partial charge in [0.25, 0.3) is 5.91 Å². The number of benzene rings is 1. The van der Waals surface area contributed by atoms with Gasteiger partial charge in [0.15, 0.2) is 0 Å². The summed E-state index contributed by atoms with van der Waals surface area (Å²) in [5, 5.41) is 8.61. The van der Waals surface area contributed by atoms with Crippen LogP contribution >= 0.6 is 0 Å². The van der Waals surface area contributed by atoms with Gasteiger partial charge < -0.3 is 9.80 Å². The molecule has 2 aliphatic heterocycles. The molecule has 2 saturated heterocycles. The Hall–Kier alpha value is -2.74. The molecule has 2 atom stereocenters. The van der Waals surface area contributed by atoms with Gasteiger partial charge in [-0.1, -0.05) is 6.07 Å². The van der Waals surface area contributed by atoms with E-state index < -0.39 is 5.91 Å². The van der Waals surface area contributed by atoms with Gasteiger partial charge >= 0.3 is 0 Å². The molecule has 0 radical (unpaired) electrons. The van der Waals surface area contributed by atoms with E-state index in [0.29, 0.717) is 12.0 Å². The molecule has 0 unspecified atom stereocenters. The molecule has 1 aromatic carbocycles. The monoisotopic (exact) mass is 329 g/mol. The van der Waals surface area contributed by atoms with Crippen molar-refractivity contribution >= 4 is 17.5 Å². The normalized spacial score (nSPS) is 22.1. The quantitative estimate of drug-likeness (QED) is 0.650. The second-order valence-corrected chi connectivity index (χ2v) is 6.04. The Kier molecular flexibility index (Phi) is 3.53. The zero-order chi connectivity index (χ0) is 16.7. The first kappa shape index (κ1) is 14.8. The largest absolute Gasteiger partial charge is 0.365 e. The van der Waals surface area contributed by atoms with E-state index in [1.54, 1.807) is 17.6 Å². The third kappa shape index (κ3) is 2.44. The maximum absolute atomic E-state index is 13.4. The average molecular weight is 329 g/mol. The molecule has 24 heavy (non-hydrogen) atoms. The number of rotatable bonds is 3. The van der Waals surface area contributed by atoms with E-state index in [9.17, 15) is 9.18 Å². The summed E-state index contributed by atoms with van der Waals surface area (Å²) >= 11 is 0. The molecule has 0 aliphatic carbocycles. The van der Waals surface area contributed by atoms with Crippen molar-refractivity contribution in [3.63, 3.8) is 0 Å². The van der Waals surface area contributed by atoms with Crippen LogP contribution in [0.3, 0.4) is 0 Å². The molecule has 0 spiro atoms. The third-order valence-electron chi connectivity index (χ3n) is 4.64. The minimum absolute atomic E-state index is 0.201. The molecular weight excluding hydrogens is 313 g/mol. The summed E-state index contributed by atoms with van der Waals surface area (Å²) in [7, 11) is 0. The van der Waals surface area contributed by atoms with Crippen LogP contribution in [0.2, 0.25) is 0 Å². The molecule has 1 amide bonds. The average Bonchev–Trinajstić information content (AvgIpc) is 3.22. The first-order valence-corrected chi connectivity index (χ1v) is 7.71. The summed E-state index contributed by atoms with van der Waals surface area (Å²) in [5.74, 6) is -0.300. The van der Waals surface area contributed by atoms with Crippen LogP contribution in [0, 0.1) is 5.82 Å². The number of fused-ring (bicyclic) bond motifs is 2. The minimum Gasteiger partial charge on any atom is -0.365 e. The lowest BCUT2D eigenvalue weighted by Crippen LogP contribution is -2.47. The van der Waals surface area contributed by atoms with Crippen LogP contribution in [-0.4, -0.2) is 46.3 Å². The van der Waals surface area contributed by atoms with Gasteiger partial charge in [-0.25, -0.2) is 19.8 Å². The Bertz CT molecular complexity index is 769. The molecular formula is C16H16FN5O2. The fourth-order valence-electron chi connectivity index (χ4n) is 3.53. The first-order chi connectivity index (χ1) is 11.7. The lowest BCUT2D eigenvalue weighted by molar-refractivity contribution is 0.0705. The van der Waals surface area contributed by atoms with Crippen molar-refractivity contribution in [3.8, 4) is 0 Å². The van der Waals surface area contributed by atoms with Crippen LogP contribution in [-0.2, 0) is 0 Å². The highest BCUT2D eigenvalue weighted by Gasteiger charge is 2.44. The van der Waals surface area contributed by atoms with Gasteiger partial charge in [0, 0.05) is 37.2 Å². The van der Waals surface area contributed by atoms with E-state index >= 15 is 0 Å². The molecule has 2 fully saturated rings. The summed E-state index contributed by atoms with van der Waals surface area (Å²) in [6.07, 6.45) is 3.76. The molecule has 4 rings (SSSR count). The second kappa shape index (κ2) is 5.72. The van der Waals surface area contributed by atoms with Crippen LogP contribution < -0.4 is 15.3 Å². The van der Waals surface area contributed by atoms with Gasteiger partial charge in [0.2, 0.25) is 5.95 Å². The number of hydrogen-bond donors (Lipinski definition) is 2. The molecule has 2 bridgehead atoms. The number of nitrogens with zero attached hydrogens (tertiary/aromatic N) is 4. The fourth-order valence-corrected chi connectivity index (χ4v) is 3.53. The Morgan fingerprint density at radius 3 is 2.54 bits per heavy atom. The molecule has 0 saturated carbocycles. The van der Waals surface area contributed by atoms with Crippen molar-refractivity contribution < 1.29 is 14.4 Å². The number of anilines is 2. The number of piperazine rings is 1. The lowest BCUT2D eigenvalue weighted by Gasteiger charge is -2.35. The zero-order valence-corrected chi connectivity index (χ0v) is 12.8. The maximum atomic E-state index is 13.4. The van der Waals surface area contributed by atoms with Crippen LogP contribution in [0.5, 0.6) is 0 Å². The number of hydrogen-bond acceptors (Lipinski definition) is 6. The molecule has 2 aromatic rings. The summed E-state index contributed by atoms with van der Waals surface area (Å²) < 4.78 is 13.4. The molecule has 3 heterocycles.